The molecule has 0 spiro atoms. The highest BCUT2D eigenvalue weighted by Gasteiger charge is 2.18. The van der Waals surface area contributed by atoms with Gasteiger partial charge in [0.1, 0.15) is 17.1 Å². The minimum absolute atomic E-state index is 0.0616. The van der Waals surface area contributed by atoms with Crippen molar-refractivity contribution in [2.45, 2.75) is 26.4 Å². The molecule has 0 saturated heterocycles. The van der Waals surface area contributed by atoms with Crippen LogP contribution in [0.15, 0.2) is 53.5 Å². The summed E-state index contributed by atoms with van der Waals surface area (Å²) in [6.45, 7) is 4.33. The van der Waals surface area contributed by atoms with Gasteiger partial charge in [0, 0.05) is 12.7 Å². The average molecular weight is 368 g/mol. The number of fused-ring (bicyclic) bond motifs is 1. The Bertz CT molecular complexity index is 1040. The molecule has 0 aliphatic carbocycles. The number of amides is 1. The van der Waals surface area contributed by atoms with Crippen LogP contribution in [0.1, 0.15) is 35.8 Å². The van der Waals surface area contributed by atoms with Crippen molar-refractivity contribution in [2.75, 3.05) is 7.11 Å². The van der Waals surface area contributed by atoms with Gasteiger partial charge in [0.2, 0.25) is 5.43 Å². The van der Waals surface area contributed by atoms with Gasteiger partial charge in [0.05, 0.1) is 24.1 Å². The van der Waals surface area contributed by atoms with Gasteiger partial charge in [-0.25, -0.2) is 4.39 Å². The lowest BCUT2D eigenvalue weighted by atomic mass is 10.1. The lowest BCUT2D eigenvalue weighted by molar-refractivity contribution is 0.0938. The number of hydrogen-bond acceptors (Lipinski definition) is 3. The molecule has 0 aliphatic heterocycles. The number of carbonyl (C=O) groups is 1. The molecule has 0 aliphatic rings. The minimum Gasteiger partial charge on any atom is -0.497 e. The molecule has 27 heavy (non-hydrogen) atoms. The zero-order valence-corrected chi connectivity index (χ0v) is 15.5. The highest BCUT2D eigenvalue weighted by Crippen LogP contribution is 2.20. The van der Waals surface area contributed by atoms with E-state index in [1.807, 2.05) is 17.6 Å². The number of benzene rings is 2. The lowest BCUT2D eigenvalue weighted by Gasteiger charge is -2.16. The van der Waals surface area contributed by atoms with E-state index in [4.69, 9.17) is 4.74 Å². The number of hydrogen-bond donors (Lipinski definition) is 1. The van der Waals surface area contributed by atoms with E-state index in [0.717, 1.165) is 11.1 Å². The molecule has 0 bridgehead atoms. The maximum Gasteiger partial charge on any atom is 0.257 e. The van der Waals surface area contributed by atoms with Crippen LogP contribution in [-0.2, 0) is 6.54 Å². The molecule has 0 radical (unpaired) electrons. The van der Waals surface area contributed by atoms with Gasteiger partial charge in [-0.3, -0.25) is 9.59 Å². The molecule has 1 N–H and O–H groups in total. The third kappa shape index (κ3) is 3.69. The summed E-state index contributed by atoms with van der Waals surface area (Å²) >= 11 is 0. The summed E-state index contributed by atoms with van der Waals surface area (Å²) in [5.41, 5.74) is 1.21. The van der Waals surface area contributed by atoms with E-state index >= 15 is 0 Å². The van der Waals surface area contributed by atoms with E-state index in [1.165, 1.54) is 19.2 Å². The first-order valence-corrected chi connectivity index (χ1v) is 8.72. The fourth-order valence-electron chi connectivity index (χ4n) is 3.04. The first-order valence-electron chi connectivity index (χ1n) is 8.72. The van der Waals surface area contributed by atoms with Crippen LogP contribution in [0.3, 0.4) is 0 Å². The van der Waals surface area contributed by atoms with Gasteiger partial charge in [-0.15, -0.1) is 0 Å². The van der Waals surface area contributed by atoms with Gasteiger partial charge in [-0.05, 0) is 49.7 Å². The molecule has 6 heteroatoms. The van der Waals surface area contributed by atoms with Crippen molar-refractivity contribution in [3.05, 3.63) is 75.8 Å². The molecule has 0 fully saturated rings. The smallest absolute Gasteiger partial charge is 0.257 e. The monoisotopic (exact) mass is 368 g/mol. The average Bonchev–Trinajstić information content (AvgIpc) is 2.68. The normalized spacial score (nSPS) is 12.0. The Kier molecular flexibility index (Phi) is 5.26. The summed E-state index contributed by atoms with van der Waals surface area (Å²) in [7, 11) is 1.53. The predicted molar refractivity (Wildman–Crippen MR) is 103 cm³/mol. The predicted octanol–water partition coefficient (Wildman–Crippen LogP) is 3.66. The molecule has 1 heterocycles. The molecule has 0 saturated carbocycles. The van der Waals surface area contributed by atoms with Crippen molar-refractivity contribution < 1.29 is 13.9 Å². The molecule has 2 aromatic carbocycles. The number of halogens is 1. The number of aryl methyl sites for hydroxylation is 1. The quantitative estimate of drug-likeness (QED) is 0.748. The first kappa shape index (κ1) is 18.6. The zero-order valence-electron chi connectivity index (χ0n) is 15.5. The van der Waals surface area contributed by atoms with Crippen LogP contribution in [0, 0.1) is 5.82 Å². The van der Waals surface area contributed by atoms with Crippen molar-refractivity contribution in [2.24, 2.45) is 0 Å². The molecule has 140 valence electrons. The van der Waals surface area contributed by atoms with E-state index < -0.39 is 5.91 Å². The van der Waals surface area contributed by atoms with Gasteiger partial charge in [-0.1, -0.05) is 12.1 Å². The molecule has 1 atom stereocenters. The van der Waals surface area contributed by atoms with Crippen LogP contribution in [0.2, 0.25) is 0 Å². The van der Waals surface area contributed by atoms with Crippen LogP contribution >= 0.6 is 0 Å². The van der Waals surface area contributed by atoms with E-state index in [0.29, 0.717) is 17.7 Å². The van der Waals surface area contributed by atoms with Crippen molar-refractivity contribution in [1.29, 1.82) is 0 Å². The highest BCUT2D eigenvalue weighted by atomic mass is 19.1. The van der Waals surface area contributed by atoms with Crippen LogP contribution in [0.5, 0.6) is 5.75 Å². The van der Waals surface area contributed by atoms with Crippen molar-refractivity contribution in [3.8, 4) is 5.75 Å². The molecule has 3 rings (SSSR count). The summed E-state index contributed by atoms with van der Waals surface area (Å²) in [6.07, 6.45) is 1.57. The number of nitrogens with zero attached hydrogens (tertiary/aromatic N) is 1. The Morgan fingerprint density at radius 1 is 1.22 bits per heavy atom. The molecule has 1 unspecified atom stereocenters. The SMILES string of the molecule is CCn1cc(C(=O)NC(C)c2ccc(F)cc2)c(=O)c2cc(OC)ccc21. The van der Waals surface area contributed by atoms with Crippen molar-refractivity contribution in [1.82, 2.24) is 9.88 Å². The maximum atomic E-state index is 13.1. The topological polar surface area (TPSA) is 60.3 Å². The Morgan fingerprint density at radius 2 is 1.93 bits per heavy atom. The van der Waals surface area contributed by atoms with Gasteiger partial charge in [-0.2, -0.15) is 0 Å². The second-order valence-corrected chi connectivity index (χ2v) is 6.29. The molecule has 3 aromatic rings. The Balaban J connectivity index is 1.99. The third-order valence-corrected chi connectivity index (χ3v) is 4.59. The summed E-state index contributed by atoms with van der Waals surface area (Å²) in [5, 5.41) is 3.24. The fourth-order valence-corrected chi connectivity index (χ4v) is 3.04. The fraction of sp³-hybridized carbons (Fsp3) is 0.238. The van der Waals surface area contributed by atoms with Crippen LogP contribution in [0.25, 0.3) is 10.9 Å². The van der Waals surface area contributed by atoms with E-state index in [2.05, 4.69) is 5.32 Å². The molecule has 5 nitrogen and oxygen atoms in total. The van der Waals surface area contributed by atoms with Crippen LogP contribution < -0.4 is 15.5 Å². The number of nitrogens with one attached hydrogen (secondary N) is 1. The summed E-state index contributed by atoms with van der Waals surface area (Å²) < 4.78 is 20.1. The molecule has 1 aromatic heterocycles. The van der Waals surface area contributed by atoms with Gasteiger partial charge in [0.25, 0.3) is 5.91 Å². The van der Waals surface area contributed by atoms with E-state index in [9.17, 15) is 14.0 Å². The van der Waals surface area contributed by atoms with Gasteiger partial charge >= 0.3 is 0 Å². The van der Waals surface area contributed by atoms with Crippen molar-refractivity contribution >= 4 is 16.8 Å². The minimum atomic E-state index is -0.469. The molecular formula is C21H21FN2O3. The van der Waals surface area contributed by atoms with Gasteiger partial charge < -0.3 is 14.6 Å². The number of pyridine rings is 1. The van der Waals surface area contributed by atoms with Crippen molar-refractivity contribution in [3.63, 3.8) is 0 Å². The standard InChI is InChI=1S/C21H21FN2O3/c1-4-24-12-18(20(25)17-11-16(27-3)9-10-19(17)24)21(26)23-13(2)14-5-7-15(22)8-6-14/h5-13H,4H2,1-3H3,(H,23,26). The second kappa shape index (κ2) is 7.61. The van der Waals surface area contributed by atoms with E-state index in [-0.39, 0.29) is 22.9 Å². The zero-order chi connectivity index (χ0) is 19.6. The molecule has 1 amide bonds. The Morgan fingerprint density at radius 3 is 2.56 bits per heavy atom. The number of rotatable bonds is 5. The largest absolute Gasteiger partial charge is 0.497 e. The van der Waals surface area contributed by atoms with Crippen LogP contribution in [0.4, 0.5) is 4.39 Å². The first-order chi connectivity index (χ1) is 12.9. The maximum absolute atomic E-state index is 13.1. The number of ether oxygens (including phenoxy) is 1. The molecular weight excluding hydrogens is 347 g/mol. The summed E-state index contributed by atoms with van der Waals surface area (Å²) in [4.78, 5) is 25.6. The lowest BCUT2D eigenvalue weighted by Crippen LogP contribution is -2.31. The Labute approximate surface area is 156 Å². The summed E-state index contributed by atoms with van der Waals surface area (Å²) in [5.74, 6) is -0.255. The number of methoxy groups -OCH3 is 1. The third-order valence-electron chi connectivity index (χ3n) is 4.59. The Hall–Kier alpha value is -3.15. The number of carbonyl (C=O) groups excluding carboxylic acids is 1. The van der Waals surface area contributed by atoms with E-state index in [1.54, 1.807) is 37.4 Å². The second-order valence-electron chi connectivity index (χ2n) is 6.29. The highest BCUT2D eigenvalue weighted by molar-refractivity contribution is 5.97. The van der Waals surface area contributed by atoms with Gasteiger partial charge in [0.15, 0.2) is 0 Å². The number of aromatic nitrogens is 1. The van der Waals surface area contributed by atoms with Crippen LogP contribution in [-0.4, -0.2) is 17.6 Å². The summed E-state index contributed by atoms with van der Waals surface area (Å²) in [6, 6.07) is 10.8.